The Hall–Kier alpha value is -2.73. The second-order valence-corrected chi connectivity index (χ2v) is 8.14. The molecule has 142 valence electrons. The van der Waals surface area contributed by atoms with Gasteiger partial charge in [0.2, 0.25) is 5.91 Å². The molecule has 0 spiro atoms. The number of nitrogens with zero attached hydrogens (tertiary/aromatic N) is 2. The molecule has 2 heterocycles. The molecule has 1 atom stereocenters. The predicted molar refractivity (Wildman–Crippen MR) is 112 cm³/mol. The van der Waals surface area contributed by atoms with E-state index in [4.69, 9.17) is 0 Å². The number of hydrogen-bond acceptors (Lipinski definition) is 3. The van der Waals surface area contributed by atoms with Gasteiger partial charge in [0.15, 0.2) is 5.78 Å². The summed E-state index contributed by atoms with van der Waals surface area (Å²) in [7, 11) is 0. The third kappa shape index (κ3) is 3.18. The third-order valence-corrected chi connectivity index (χ3v) is 5.68. The lowest BCUT2D eigenvalue weighted by molar-refractivity contribution is -0.116. The zero-order valence-electron chi connectivity index (χ0n) is 15.9. The van der Waals surface area contributed by atoms with E-state index in [1.165, 1.54) is 0 Å². The Morgan fingerprint density at radius 2 is 1.86 bits per heavy atom. The topological polar surface area (TPSA) is 64.0 Å². The highest BCUT2D eigenvalue weighted by atomic mass is 79.9. The van der Waals surface area contributed by atoms with E-state index in [9.17, 15) is 9.59 Å². The summed E-state index contributed by atoms with van der Waals surface area (Å²) in [4.78, 5) is 25.9. The highest BCUT2D eigenvalue weighted by Crippen LogP contribution is 2.38. The van der Waals surface area contributed by atoms with Crippen LogP contribution in [0.25, 0.3) is 5.69 Å². The van der Waals surface area contributed by atoms with Gasteiger partial charge in [-0.2, -0.15) is 5.10 Å². The number of carbonyl (C=O) groups excluding carboxylic acids is 2. The molecule has 1 aromatic heterocycles. The molecule has 28 heavy (non-hydrogen) atoms. The average molecular weight is 438 g/mol. The van der Waals surface area contributed by atoms with Crippen molar-refractivity contribution in [2.45, 2.75) is 33.1 Å². The largest absolute Gasteiger partial charge is 0.310 e. The molecule has 0 fully saturated rings. The summed E-state index contributed by atoms with van der Waals surface area (Å²) in [5, 5.41) is 7.55. The van der Waals surface area contributed by atoms with Gasteiger partial charge in [-0.3, -0.25) is 9.59 Å². The molecular weight excluding hydrogens is 418 g/mol. The molecule has 0 saturated carbocycles. The molecule has 1 N–H and O–H groups in total. The molecule has 3 aromatic rings. The molecule has 1 aliphatic heterocycles. The van der Waals surface area contributed by atoms with Crippen LogP contribution in [-0.4, -0.2) is 21.5 Å². The second kappa shape index (κ2) is 7.02. The van der Waals surface area contributed by atoms with Crippen molar-refractivity contribution < 1.29 is 9.59 Å². The highest BCUT2D eigenvalue weighted by Gasteiger charge is 2.36. The average Bonchev–Trinajstić information content (AvgIpc) is 2.99. The number of nitrogens with one attached hydrogen (secondary N) is 1. The lowest BCUT2D eigenvalue weighted by Crippen LogP contribution is -2.28. The van der Waals surface area contributed by atoms with Crippen molar-refractivity contribution in [3.05, 3.63) is 74.9 Å². The summed E-state index contributed by atoms with van der Waals surface area (Å²) in [6.07, 6.45) is 0.131. The lowest BCUT2D eigenvalue weighted by atomic mass is 9.84. The van der Waals surface area contributed by atoms with Crippen LogP contribution < -0.4 is 5.32 Å². The summed E-state index contributed by atoms with van der Waals surface area (Å²) in [5.41, 5.74) is 4.99. The van der Waals surface area contributed by atoms with Crippen LogP contribution in [0.5, 0.6) is 0 Å². The van der Waals surface area contributed by atoms with Crippen molar-refractivity contribution in [2.24, 2.45) is 0 Å². The van der Waals surface area contributed by atoms with E-state index in [0.717, 1.165) is 32.5 Å². The second-order valence-electron chi connectivity index (χ2n) is 7.22. The molecule has 1 amide bonds. The van der Waals surface area contributed by atoms with E-state index in [0.29, 0.717) is 11.4 Å². The van der Waals surface area contributed by atoms with Gasteiger partial charge in [-0.05, 0) is 56.7 Å². The quantitative estimate of drug-likeness (QED) is 0.594. The smallest absolute Gasteiger partial charge is 0.226 e. The minimum absolute atomic E-state index is 0.0317. The summed E-state index contributed by atoms with van der Waals surface area (Å²) in [6.45, 7) is 5.77. The van der Waals surface area contributed by atoms with Crippen molar-refractivity contribution in [2.75, 3.05) is 5.32 Å². The van der Waals surface area contributed by atoms with Crippen LogP contribution in [-0.2, 0) is 4.79 Å². The van der Waals surface area contributed by atoms with Crippen molar-refractivity contribution in [3.63, 3.8) is 0 Å². The molecule has 1 aliphatic rings. The fourth-order valence-corrected chi connectivity index (χ4v) is 3.99. The predicted octanol–water partition coefficient (Wildman–Crippen LogP) is 4.87. The molecule has 0 saturated heterocycles. The number of fused-ring (bicyclic) bond motifs is 1. The van der Waals surface area contributed by atoms with Crippen LogP contribution in [0.15, 0.2) is 46.9 Å². The minimum atomic E-state index is -0.534. The van der Waals surface area contributed by atoms with Gasteiger partial charge in [0.05, 0.1) is 17.3 Å². The molecule has 2 aromatic carbocycles. The van der Waals surface area contributed by atoms with Gasteiger partial charge < -0.3 is 5.32 Å². The summed E-state index contributed by atoms with van der Waals surface area (Å²) >= 11 is 3.43. The van der Waals surface area contributed by atoms with Crippen LogP contribution in [0, 0.1) is 20.8 Å². The summed E-state index contributed by atoms with van der Waals surface area (Å²) in [6, 6.07) is 13.5. The summed E-state index contributed by atoms with van der Waals surface area (Å²) in [5.74, 6) is -0.154. The van der Waals surface area contributed by atoms with Crippen molar-refractivity contribution in [1.82, 2.24) is 9.78 Å². The maximum Gasteiger partial charge on any atom is 0.226 e. The van der Waals surface area contributed by atoms with Gasteiger partial charge in [-0.25, -0.2) is 4.68 Å². The summed E-state index contributed by atoms with van der Waals surface area (Å²) < 4.78 is 2.67. The Labute approximate surface area is 171 Å². The molecule has 0 bridgehead atoms. The van der Waals surface area contributed by atoms with E-state index in [2.05, 4.69) is 26.3 Å². The monoisotopic (exact) mass is 437 g/mol. The molecular formula is C22H20BrN3O2. The van der Waals surface area contributed by atoms with E-state index in [1.807, 2.05) is 63.2 Å². The number of Topliss-reactive ketones (excluding diaryl/α,β-unsaturated/α-hetero) is 1. The Kier molecular flexibility index (Phi) is 4.67. The molecule has 0 aliphatic carbocycles. The van der Waals surface area contributed by atoms with Crippen molar-refractivity contribution in [1.29, 1.82) is 0 Å². The first-order valence-corrected chi connectivity index (χ1v) is 9.91. The fraction of sp³-hybridized carbons (Fsp3) is 0.227. The third-order valence-electron chi connectivity index (χ3n) is 5.15. The molecule has 4 rings (SSSR count). The number of rotatable bonds is 3. The number of aryl methyl sites for hydroxylation is 3. The Balaban J connectivity index is 1.83. The number of amides is 1. The lowest BCUT2D eigenvalue weighted by Gasteiger charge is -2.24. The van der Waals surface area contributed by atoms with Gasteiger partial charge in [-0.15, -0.1) is 0 Å². The van der Waals surface area contributed by atoms with E-state index < -0.39 is 5.92 Å². The molecule has 5 nitrogen and oxygen atoms in total. The first kappa shape index (κ1) is 18.6. The van der Waals surface area contributed by atoms with Gasteiger partial charge >= 0.3 is 0 Å². The zero-order valence-corrected chi connectivity index (χ0v) is 17.5. The van der Waals surface area contributed by atoms with Crippen LogP contribution in [0.4, 0.5) is 5.82 Å². The Morgan fingerprint density at radius 1 is 1.14 bits per heavy atom. The minimum Gasteiger partial charge on any atom is -0.310 e. The van der Waals surface area contributed by atoms with Gasteiger partial charge in [0.25, 0.3) is 0 Å². The molecule has 0 unspecified atom stereocenters. The fourth-order valence-electron chi connectivity index (χ4n) is 3.73. The van der Waals surface area contributed by atoms with Crippen molar-refractivity contribution >= 4 is 33.4 Å². The number of hydrogen-bond donors (Lipinski definition) is 1. The SMILES string of the molecule is Cc1ccc(C)c(C(=O)[C@@H]2CC(=O)Nc3c2c(C)nn3-c2ccc(Br)cc2)c1. The standard InChI is InChI=1S/C22H20BrN3O2/c1-12-4-5-13(2)17(10-12)21(28)18-11-19(27)24-22-20(18)14(3)25-26(22)16-8-6-15(23)7-9-16/h4-10,18H,11H2,1-3H3,(H,24,27)/t18-/m1/s1. The number of halogens is 1. The maximum atomic E-state index is 13.4. The van der Waals surface area contributed by atoms with Crippen molar-refractivity contribution in [3.8, 4) is 5.69 Å². The first-order valence-electron chi connectivity index (χ1n) is 9.12. The van der Waals surface area contributed by atoms with E-state index in [-0.39, 0.29) is 18.1 Å². The normalized spacial score (nSPS) is 15.9. The maximum absolute atomic E-state index is 13.4. The molecule has 0 radical (unpaired) electrons. The number of benzene rings is 2. The van der Waals surface area contributed by atoms with Crippen LogP contribution >= 0.6 is 15.9 Å². The number of aromatic nitrogens is 2. The Morgan fingerprint density at radius 3 is 2.57 bits per heavy atom. The van der Waals surface area contributed by atoms with E-state index in [1.54, 1.807) is 4.68 Å². The first-order chi connectivity index (χ1) is 13.3. The van der Waals surface area contributed by atoms with Gasteiger partial charge in [-0.1, -0.05) is 33.6 Å². The number of anilines is 1. The van der Waals surface area contributed by atoms with Crippen LogP contribution in [0.1, 0.15) is 45.1 Å². The zero-order chi connectivity index (χ0) is 20.0. The number of ketones is 1. The van der Waals surface area contributed by atoms with Crippen LogP contribution in [0.3, 0.4) is 0 Å². The van der Waals surface area contributed by atoms with E-state index >= 15 is 0 Å². The Bertz CT molecular complexity index is 1100. The van der Waals surface area contributed by atoms with Crippen LogP contribution in [0.2, 0.25) is 0 Å². The number of carbonyl (C=O) groups is 2. The highest BCUT2D eigenvalue weighted by molar-refractivity contribution is 9.10. The van der Waals surface area contributed by atoms with Gasteiger partial charge in [0.1, 0.15) is 5.82 Å². The molecule has 6 heteroatoms. The van der Waals surface area contributed by atoms with Gasteiger partial charge in [0, 0.05) is 22.0 Å².